The zero-order valence-corrected chi connectivity index (χ0v) is 13.7. The molecule has 0 aliphatic carbocycles. The van der Waals surface area contributed by atoms with Crippen molar-refractivity contribution in [3.05, 3.63) is 28.4 Å². The van der Waals surface area contributed by atoms with Crippen LogP contribution in [0.15, 0.2) is 4.52 Å². The summed E-state index contributed by atoms with van der Waals surface area (Å²) in [5.41, 5.74) is 4.05. The molecule has 0 amide bonds. The van der Waals surface area contributed by atoms with E-state index in [0.29, 0.717) is 13.2 Å². The van der Waals surface area contributed by atoms with Crippen LogP contribution in [0.2, 0.25) is 0 Å². The number of fused-ring (bicyclic) bond motifs is 1. The third kappa shape index (κ3) is 3.60. The average molecular weight is 321 g/mol. The Labute approximate surface area is 135 Å². The minimum Gasteiger partial charge on any atom is -0.394 e. The van der Waals surface area contributed by atoms with Crippen LogP contribution < -0.4 is 0 Å². The minimum atomic E-state index is 0.0155. The van der Waals surface area contributed by atoms with Gasteiger partial charge in [0.15, 0.2) is 0 Å². The number of aromatic nitrogens is 4. The average Bonchev–Trinajstić information content (AvgIpc) is 2.98. The van der Waals surface area contributed by atoms with Gasteiger partial charge in [0.2, 0.25) is 0 Å². The molecule has 3 heterocycles. The Kier molecular flexibility index (Phi) is 5.04. The van der Waals surface area contributed by atoms with E-state index >= 15 is 0 Å². The Hall–Kier alpha value is -1.77. The molecule has 23 heavy (non-hydrogen) atoms. The van der Waals surface area contributed by atoms with Crippen molar-refractivity contribution in [3.8, 4) is 0 Å². The molecule has 0 atom stereocenters. The van der Waals surface area contributed by atoms with Crippen molar-refractivity contribution in [1.29, 1.82) is 0 Å². The first-order valence-electron chi connectivity index (χ1n) is 7.93. The van der Waals surface area contributed by atoms with Gasteiger partial charge >= 0.3 is 0 Å². The first-order valence-corrected chi connectivity index (χ1v) is 7.93. The number of aliphatic hydroxyl groups is 1. The molecule has 0 saturated carbocycles. The van der Waals surface area contributed by atoms with E-state index in [9.17, 15) is 0 Å². The molecular formula is C15H23N5O3. The van der Waals surface area contributed by atoms with Crippen LogP contribution in [-0.2, 0) is 31.0 Å². The minimum absolute atomic E-state index is 0.0155. The molecule has 2 aromatic heterocycles. The van der Waals surface area contributed by atoms with E-state index in [2.05, 4.69) is 20.4 Å². The van der Waals surface area contributed by atoms with Gasteiger partial charge in [-0.3, -0.25) is 4.90 Å². The van der Waals surface area contributed by atoms with E-state index in [-0.39, 0.29) is 6.61 Å². The number of nitrogens with zero attached hydrogens (tertiary/aromatic N) is 5. The molecule has 0 aromatic carbocycles. The van der Waals surface area contributed by atoms with E-state index in [0.717, 1.165) is 61.0 Å². The zero-order valence-electron chi connectivity index (χ0n) is 13.7. The van der Waals surface area contributed by atoms with Crippen LogP contribution in [0.25, 0.3) is 0 Å². The van der Waals surface area contributed by atoms with Gasteiger partial charge in [-0.25, -0.2) is 4.68 Å². The first kappa shape index (κ1) is 16.1. The Balaban J connectivity index is 1.73. The topological polar surface area (TPSA) is 89.4 Å². The Morgan fingerprint density at radius 3 is 2.91 bits per heavy atom. The van der Waals surface area contributed by atoms with Crippen molar-refractivity contribution in [2.24, 2.45) is 0 Å². The van der Waals surface area contributed by atoms with Gasteiger partial charge in [0.25, 0.3) is 0 Å². The molecule has 0 fully saturated rings. The molecule has 0 unspecified atom stereocenters. The van der Waals surface area contributed by atoms with Crippen molar-refractivity contribution in [2.45, 2.75) is 46.5 Å². The zero-order chi connectivity index (χ0) is 16.2. The van der Waals surface area contributed by atoms with Gasteiger partial charge in [0, 0.05) is 31.7 Å². The lowest BCUT2D eigenvalue weighted by molar-refractivity contribution is 0.0788. The molecule has 126 valence electrons. The highest BCUT2D eigenvalue weighted by atomic mass is 16.5. The third-order valence-electron chi connectivity index (χ3n) is 4.17. The highest BCUT2D eigenvalue weighted by Gasteiger charge is 2.22. The Bertz CT molecular complexity index is 632. The summed E-state index contributed by atoms with van der Waals surface area (Å²) in [5, 5.41) is 21.3. The van der Waals surface area contributed by atoms with Crippen molar-refractivity contribution in [3.63, 3.8) is 0 Å². The van der Waals surface area contributed by atoms with Crippen LogP contribution >= 0.6 is 0 Å². The summed E-state index contributed by atoms with van der Waals surface area (Å²) in [4.78, 5) is 2.37. The summed E-state index contributed by atoms with van der Waals surface area (Å²) in [6.45, 7) is 8.07. The lowest BCUT2D eigenvalue weighted by Gasteiger charge is -2.19. The summed E-state index contributed by atoms with van der Waals surface area (Å²) in [6.07, 6.45) is 1.02. The van der Waals surface area contributed by atoms with Crippen molar-refractivity contribution >= 4 is 0 Å². The highest BCUT2D eigenvalue weighted by Crippen LogP contribution is 2.20. The van der Waals surface area contributed by atoms with Gasteiger partial charge in [-0.15, -0.1) is 5.10 Å². The number of hydrogen-bond donors (Lipinski definition) is 1. The molecule has 0 spiro atoms. The summed E-state index contributed by atoms with van der Waals surface area (Å²) in [6, 6.07) is 0. The molecule has 3 rings (SSSR count). The fraction of sp³-hybridized carbons (Fsp3) is 0.667. The molecule has 0 radical (unpaired) electrons. The maximum Gasteiger partial charge on any atom is 0.138 e. The Morgan fingerprint density at radius 2 is 2.17 bits per heavy atom. The van der Waals surface area contributed by atoms with Gasteiger partial charge in [-0.1, -0.05) is 10.4 Å². The molecule has 1 aliphatic rings. The highest BCUT2D eigenvalue weighted by molar-refractivity contribution is 5.21. The molecule has 8 heteroatoms. The summed E-state index contributed by atoms with van der Waals surface area (Å²) in [5.74, 6) is 0.880. The standard InChI is InChI=1S/C15H23N5O3/c1-11-13(12(2)23-17-11)8-19-4-3-5-20-15(9-19)14(16-18-20)10-22-7-6-21/h21H,3-10H2,1-2H3. The predicted octanol–water partition coefficient (Wildman–Crippen LogP) is 0.798. The number of ether oxygens (including phenoxy) is 1. The third-order valence-corrected chi connectivity index (χ3v) is 4.17. The first-order chi connectivity index (χ1) is 11.2. The second-order valence-electron chi connectivity index (χ2n) is 5.85. The number of rotatable bonds is 6. The molecule has 8 nitrogen and oxygen atoms in total. The fourth-order valence-corrected chi connectivity index (χ4v) is 2.89. The largest absolute Gasteiger partial charge is 0.394 e. The molecule has 2 aromatic rings. The van der Waals surface area contributed by atoms with Crippen LogP contribution in [0.5, 0.6) is 0 Å². The summed E-state index contributed by atoms with van der Waals surface area (Å²) < 4.78 is 12.6. The van der Waals surface area contributed by atoms with E-state index in [1.807, 2.05) is 18.5 Å². The maximum atomic E-state index is 8.83. The second-order valence-corrected chi connectivity index (χ2v) is 5.85. The van der Waals surface area contributed by atoms with Gasteiger partial charge in [-0.05, 0) is 20.3 Å². The molecule has 0 bridgehead atoms. The smallest absolute Gasteiger partial charge is 0.138 e. The number of aryl methyl sites for hydroxylation is 3. The predicted molar refractivity (Wildman–Crippen MR) is 81.5 cm³/mol. The molecule has 1 aliphatic heterocycles. The van der Waals surface area contributed by atoms with Crippen LogP contribution in [0.4, 0.5) is 0 Å². The van der Waals surface area contributed by atoms with E-state index in [1.165, 1.54) is 0 Å². The molecular weight excluding hydrogens is 298 g/mol. The van der Waals surface area contributed by atoms with Gasteiger partial charge in [-0.2, -0.15) is 0 Å². The lowest BCUT2D eigenvalue weighted by atomic mass is 10.2. The number of hydrogen-bond acceptors (Lipinski definition) is 7. The van der Waals surface area contributed by atoms with Crippen molar-refractivity contribution in [1.82, 2.24) is 25.1 Å². The van der Waals surface area contributed by atoms with Crippen LogP contribution in [0.3, 0.4) is 0 Å². The van der Waals surface area contributed by atoms with Gasteiger partial charge in [0.1, 0.15) is 11.5 Å². The molecule has 0 saturated heterocycles. The van der Waals surface area contributed by atoms with E-state index < -0.39 is 0 Å². The van der Waals surface area contributed by atoms with E-state index in [4.69, 9.17) is 14.4 Å². The van der Waals surface area contributed by atoms with Crippen molar-refractivity contribution in [2.75, 3.05) is 19.8 Å². The fourth-order valence-electron chi connectivity index (χ4n) is 2.89. The van der Waals surface area contributed by atoms with Crippen molar-refractivity contribution < 1.29 is 14.4 Å². The lowest BCUT2D eigenvalue weighted by Crippen LogP contribution is -2.24. The van der Waals surface area contributed by atoms with Gasteiger partial charge in [0.05, 0.1) is 31.2 Å². The van der Waals surface area contributed by atoms with Crippen LogP contribution in [0.1, 0.15) is 34.8 Å². The summed E-state index contributed by atoms with van der Waals surface area (Å²) in [7, 11) is 0. The van der Waals surface area contributed by atoms with Crippen LogP contribution in [-0.4, -0.2) is 49.9 Å². The van der Waals surface area contributed by atoms with Crippen LogP contribution in [0, 0.1) is 13.8 Å². The second kappa shape index (κ2) is 7.20. The van der Waals surface area contributed by atoms with Gasteiger partial charge < -0.3 is 14.4 Å². The summed E-state index contributed by atoms with van der Waals surface area (Å²) >= 11 is 0. The number of aliphatic hydroxyl groups excluding tert-OH is 1. The normalized spacial score (nSPS) is 15.6. The monoisotopic (exact) mass is 321 g/mol. The quantitative estimate of drug-likeness (QED) is 0.787. The Morgan fingerprint density at radius 1 is 1.30 bits per heavy atom. The maximum absolute atomic E-state index is 8.83. The van der Waals surface area contributed by atoms with E-state index in [1.54, 1.807) is 0 Å². The molecule has 1 N–H and O–H groups in total. The SMILES string of the molecule is Cc1noc(C)c1CN1CCCn2nnc(COCCO)c2C1.